The maximum atomic E-state index is 13.2. The first-order valence-corrected chi connectivity index (χ1v) is 13.9. The van der Waals surface area contributed by atoms with Gasteiger partial charge in [0.25, 0.3) is 5.91 Å². The van der Waals surface area contributed by atoms with Gasteiger partial charge in [0.1, 0.15) is 5.60 Å². The Bertz CT molecular complexity index is 1260. The summed E-state index contributed by atoms with van der Waals surface area (Å²) < 4.78 is 6.36. The molecule has 202 valence electrons. The molecular formula is C31H35Cl3N2O2. The summed E-state index contributed by atoms with van der Waals surface area (Å²) in [4.78, 5) is 16.6. The van der Waals surface area contributed by atoms with Crippen LogP contribution in [-0.4, -0.2) is 44.0 Å². The van der Waals surface area contributed by atoms with E-state index in [4.69, 9.17) is 27.9 Å². The number of fused-ring (bicyclic) bond motifs is 2. The van der Waals surface area contributed by atoms with Crippen LogP contribution in [0.1, 0.15) is 57.8 Å². The number of nitrogens with one attached hydrogen (secondary N) is 1. The molecule has 0 radical (unpaired) electrons. The molecule has 2 aliphatic heterocycles. The lowest BCUT2D eigenvalue weighted by molar-refractivity contribution is -0.908. The molecule has 0 aliphatic carbocycles. The quantitative estimate of drug-likeness (QED) is 0.472. The lowest BCUT2D eigenvalue weighted by atomic mass is 9.83. The van der Waals surface area contributed by atoms with Crippen molar-refractivity contribution in [1.29, 1.82) is 0 Å². The van der Waals surface area contributed by atoms with Crippen LogP contribution in [-0.2, 0) is 16.9 Å². The number of ether oxygens (including phenoxy) is 1. The van der Waals surface area contributed by atoms with Crippen molar-refractivity contribution in [2.45, 2.75) is 44.3 Å². The first-order valence-electron chi connectivity index (χ1n) is 13.2. The molecule has 38 heavy (non-hydrogen) atoms. The normalized spacial score (nSPS) is 21.0. The number of piperidine rings is 1. The highest BCUT2D eigenvalue weighted by atomic mass is 35.5. The molecular weight excluding hydrogens is 539 g/mol. The zero-order chi connectivity index (χ0) is 26.0. The van der Waals surface area contributed by atoms with Gasteiger partial charge in [0, 0.05) is 44.3 Å². The fourth-order valence-corrected chi connectivity index (χ4v) is 6.20. The predicted molar refractivity (Wildman–Crippen MR) is 150 cm³/mol. The second-order valence-electron chi connectivity index (χ2n) is 10.7. The number of carbonyl (C=O) groups excluding carboxylic acids is 1. The summed E-state index contributed by atoms with van der Waals surface area (Å²) in [6.45, 7) is 6.58. The highest BCUT2D eigenvalue weighted by Gasteiger charge is 2.44. The zero-order valence-electron chi connectivity index (χ0n) is 22.0. The monoisotopic (exact) mass is 572 g/mol. The van der Waals surface area contributed by atoms with E-state index in [0.717, 1.165) is 56.6 Å². The molecule has 1 amide bonds. The first-order chi connectivity index (χ1) is 17.8. The molecule has 0 aromatic heterocycles. The SMILES string of the molecule is Cc1ccc(C(=O)N(C)CC(CC[NH+]2CCC3(CC2)OCc2ccccc23)c2ccc(Cl)c(Cl)c2)cc1.[Cl-]. The van der Waals surface area contributed by atoms with Crippen LogP contribution in [0.5, 0.6) is 0 Å². The van der Waals surface area contributed by atoms with Gasteiger partial charge in [-0.3, -0.25) is 4.79 Å². The van der Waals surface area contributed by atoms with Crippen LogP contribution < -0.4 is 17.3 Å². The van der Waals surface area contributed by atoms with Gasteiger partial charge in [-0.1, -0.05) is 71.2 Å². The van der Waals surface area contributed by atoms with Crippen molar-refractivity contribution in [3.8, 4) is 0 Å². The number of hydrogen-bond acceptors (Lipinski definition) is 2. The summed E-state index contributed by atoms with van der Waals surface area (Å²) >= 11 is 12.6. The van der Waals surface area contributed by atoms with Gasteiger partial charge >= 0.3 is 0 Å². The Morgan fingerprint density at radius 2 is 1.74 bits per heavy atom. The van der Waals surface area contributed by atoms with Crippen LogP contribution in [0.4, 0.5) is 0 Å². The van der Waals surface area contributed by atoms with E-state index in [2.05, 4.69) is 24.3 Å². The standard InChI is InChI=1S/C31H34Cl2N2O2.ClH/c1-22-7-9-23(10-8-22)30(36)34(2)20-25(24-11-12-28(32)29(33)19-24)13-16-35-17-14-31(15-18-35)27-6-4-3-5-26(27)21-37-31;/h3-12,19,25H,13-18,20-21H2,1-2H3;1H. The van der Waals surface area contributed by atoms with Crippen molar-refractivity contribution in [2.75, 3.05) is 33.2 Å². The van der Waals surface area contributed by atoms with Crippen LogP contribution >= 0.6 is 23.2 Å². The second kappa shape index (κ2) is 12.4. The van der Waals surface area contributed by atoms with Gasteiger partial charge < -0.3 is 26.9 Å². The van der Waals surface area contributed by atoms with Gasteiger partial charge in [-0.05, 0) is 47.9 Å². The van der Waals surface area contributed by atoms with Crippen molar-refractivity contribution in [3.05, 3.63) is 105 Å². The minimum atomic E-state index is -0.107. The number of aryl methyl sites for hydroxylation is 1. The van der Waals surface area contributed by atoms with Crippen LogP contribution in [0.15, 0.2) is 66.7 Å². The van der Waals surface area contributed by atoms with Gasteiger partial charge in [0.2, 0.25) is 0 Å². The first kappa shape index (κ1) is 28.9. The topological polar surface area (TPSA) is 34.0 Å². The average molecular weight is 574 g/mol. The molecule has 1 unspecified atom stereocenters. The lowest BCUT2D eigenvalue weighted by Gasteiger charge is -2.37. The van der Waals surface area contributed by atoms with Crippen molar-refractivity contribution in [2.24, 2.45) is 0 Å². The highest BCUT2D eigenvalue weighted by Crippen LogP contribution is 2.42. The summed E-state index contributed by atoms with van der Waals surface area (Å²) in [5, 5.41) is 1.11. The second-order valence-corrected chi connectivity index (χ2v) is 11.5. The minimum Gasteiger partial charge on any atom is -1.00 e. The van der Waals surface area contributed by atoms with E-state index in [1.54, 1.807) is 4.90 Å². The van der Waals surface area contributed by atoms with Crippen molar-refractivity contribution in [1.82, 2.24) is 4.90 Å². The molecule has 1 spiro atoms. The third-order valence-electron chi connectivity index (χ3n) is 8.18. The van der Waals surface area contributed by atoms with E-state index < -0.39 is 0 Å². The number of nitrogens with zero attached hydrogens (tertiary/aromatic N) is 1. The van der Waals surface area contributed by atoms with E-state index >= 15 is 0 Å². The number of halogens is 3. The molecule has 3 aromatic carbocycles. The Labute approximate surface area is 242 Å². The number of carbonyl (C=O) groups is 1. The molecule has 1 saturated heterocycles. The van der Waals surface area contributed by atoms with E-state index in [-0.39, 0.29) is 29.8 Å². The van der Waals surface area contributed by atoms with Gasteiger partial charge in [-0.15, -0.1) is 0 Å². The van der Waals surface area contributed by atoms with Gasteiger partial charge in [-0.25, -0.2) is 0 Å². The number of benzene rings is 3. The van der Waals surface area contributed by atoms with Crippen LogP contribution in [0.2, 0.25) is 10.0 Å². The molecule has 5 rings (SSSR count). The molecule has 3 aromatic rings. The molecule has 4 nitrogen and oxygen atoms in total. The Hall–Kier alpha value is -2.08. The van der Waals surface area contributed by atoms with E-state index in [9.17, 15) is 4.79 Å². The third kappa shape index (κ3) is 6.21. The summed E-state index contributed by atoms with van der Waals surface area (Å²) in [7, 11) is 1.89. The Kier molecular flexibility index (Phi) is 9.44. The molecule has 1 atom stereocenters. The molecule has 0 saturated carbocycles. The maximum absolute atomic E-state index is 13.2. The zero-order valence-corrected chi connectivity index (χ0v) is 24.3. The van der Waals surface area contributed by atoms with Crippen molar-refractivity contribution in [3.63, 3.8) is 0 Å². The number of hydrogen-bond donors (Lipinski definition) is 1. The van der Waals surface area contributed by atoms with Crippen LogP contribution in [0, 0.1) is 6.92 Å². The molecule has 2 aliphatic rings. The number of likely N-dealkylation sites (tertiary alicyclic amines) is 1. The predicted octanol–water partition coefficient (Wildman–Crippen LogP) is 2.66. The molecule has 2 heterocycles. The number of quaternary nitrogens is 1. The van der Waals surface area contributed by atoms with Crippen LogP contribution in [0.3, 0.4) is 0 Å². The highest BCUT2D eigenvalue weighted by molar-refractivity contribution is 6.42. The van der Waals surface area contributed by atoms with Crippen molar-refractivity contribution >= 4 is 29.1 Å². The summed E-state index contributed by atoms with van der Waals surface area (Å²) in [6.07, 6.45) is 3.05. The minimum absolute atomic E-state index is 0. The Morgan fingerprint density at radius 3 is 2.45 bits per heavy atom. The molecule has 1 N–H and O–H groups in total. The smallest absolute Gasteiger partial charge is 0.253 e. The summed E-state index contributed by atoms with van der Waals surface area (Å²) in [6, 6.07) is 22.3. The van der Waals surface area contributed by atoms with Crippen molar-refractivity contribution < 1.29 is 26.8 Å². The largest absolute Gasteiger partial charge is 1.00 e. The molecule has 0 bridgehead atoms. The lowest BCUT2D eigenvalue weighted by Crippen LogP contribution is -3.13. The number of rotatable bonds is 7. The maximum Gasteiger partial charge on any atom is 0.253 e. The number of amides is 1. The summed E-state index contributed by atoms with van der Waals surface area (Å²) in [5.41, 5.74) is 5.60. The molecule has 1 fully saturated rings. The van der Waals surface area contributed by atoms with Crippen LogP contribution in [0.25, 0.3) is 0 Å². The van der Waals surface area contributed by atoms with E-state index in [1.165, 1.54) is 11.1 Å². The molecule has 7 heteroatoms. The average Bonchev–Trinajstić information content (AvgIpc) is 3.27. The van der Waals surface area contributed by atoms with E-state index in [0.29, 0.717) is 22.2 Å². The summed E-state index contributed by atoms with van der Waals surface area (Å²) in [5.74, 6) is 0.204. The van der Waals surface area contributed by atoms with Gasteiger partial charge in [-0.2, -0.15) is 0 Å². The van der Waals surface area contributed by atoms with Gasteiger partial charge in [0.15, 0.2) is 0 Å². The van der Waals surface area contributed by atoms with E-state index in [1.807, 2.05) is 61.3 Å². The third-order valence-corrected chi connectivity index (χ3v) is 8.92. The number of likely N-dealkylation sites (N-methyl/N-ethyl adjacent to an activating group) is 1. The fraction of sp³-hybridized carbons (Fsp3) is 0.387. The van der Waals surface area contributed by atoms with Gasteiger partial charge in [0.05, 0.1) is 36.3 Å². The Balaban J connectivity index is 0.00000336. The fourth-order valence-electron chi connectivity index (χ4n) is 5.89. The Morgan fingerprint density at radius 1 is 1.03 bits per heavy atom.